The van der Waals surface area contributed by atoms with Crippen molar-refractivity contribution in [1.82, 2.24) is 0 Å². The largest absolute Gasteiger partial charge is 2.00 e. The van der Waals surface area contributed by atoms with Crippen molar-refractivity contribution in [3.05, 3.63) is 60.2 Å². The van der Waals surface area contributed by atoms with Gasteiger partial charge in [0.2, 0.25) is 0 Å². The van der Waals surface area contributed by atoms with Crippen LogP contribution in [0, 0.1) is 0 Å². The average Bonchev–Trinajstić information content (AvgIpc) is 3.13. The van der Waals surface area contributed by atoms with E-state index in [4.69, 9.17) is 4.74 Å². The van der Waals surface area contributed by atoms with E-state index >= 15 is 0 Å². The maximum Gasteiger partial charge on any atom is 2.00 e. The molecule has 0 unspecified atom stereocenters. The molecule has 0 aliphatic heterocycles. The Morgan fingerprint density at radius 2 is 1.55 bits per heavy atom. The molecule has 0 bridgehead atoms. The Morgan fingerprint density at radius 1 is 0.900 bits per heavy atom. The quantitative estimate of drug-likeness (QED) is 0.263. The molecule has 0 N–H and O–H groups in total. The third kappa shape index (κ3) is 11.5. The van der Waals surface area contributed by atoms with Crippen LogP contribution in [0.15, 0.2) is 54.6 Å². The van der Waals surface area contributed by atoms with E-state index in [1.54, 1.807) is 0 Å². The zero-order valence-corrected chi connectivity index (χ0v) is 14.5. The molecule has 20 heavy (non-hydrogen) atoms. The van der Waals surface area contributed by atoms with Gasteiger partial charge in [-0.25, -0.2) is 24.3 Å². The Bertz CT molecular complexity index is 339. The van der Waals surface area contributed by atoms with Crippen molar-refractivity contribution >= 4 is 15.9 Å². The van der Waals surface area contributed by atoms with Crippen molar-refractivity contribution in [2.24, 2.45) is 0 Å². The molecule has 1 nitrogen and oxygen atoms in total. The van der Waals surface area contributed by atoms with Crippen molar-refractivity contribution in [3.8, 4) is 0 Å². The first kappa shape index (κ1) is 19.7. The standard InChI is InChI=1S/C12H18BrO.C5H5.Fe/c13-9-5-1-2-6-10-14-11-12-7-3-4-8-12;1-2-4-5-3-1;/h3-4,7-8H,1-2,5-6,9-11H2;1-5H;/q2*-1;+2. The molecule has 0 aromatic heterocycles. The van der Waals surface area contributed by atoms with Gasteiger partial charge in [-0.2, -0.15) is 30.3 Å². The van der Waals surface area contributed by atoms with E-state index in [1.807, 2.05) is 30.3 Å². The number of unbranched alkanes of at least 4 members (excludes halogenated alkanes) is 3. The normalized spacial score (nSPS) is 9.45. The second kappa shape index (κ2) is 15.1. The number of alkyl halides is 1. The fourth-order valence-corrected chi connectivity index (χ4v) is 2.07. The van der Waals surface area contributed by atoms with Gasteiger partial charge in [-0.1, -0.05) is 28.8 Å². The molecule has 2 rings (SSSR count). The summed E-state index contributed by atoms with van der Waals surface area (Å²) in [6.45, 7) is 1.67. The van der Waals surface area contributed by atoms with Crippen LogP contribution in [0.1, 0.15) is 31.2 Å². The van der Waals surface area contributed by atoms with E-state index in [2.05, 4.69) is 40.2 Å². The smallest absolute Gasteiger partial charge is 0.389 e. The van der Waals surface area contributed by atoms with Crippen LogP contribution in [0.4, 0.5) is 0 Å². The molecular formula is C17H23BrFeO. The van der Waals surface area contributed by atoms with Crippen LogP contribution >= 0.6 is 15.9 Å². The molecular weight excluding hydrogens is 356 g/mol. The first-order chi connectivity index (χ1) is 9.43. The minimum absolute atomic E-state index is 0. The molecule has 0 aliphatic rings. The van der Waals surface area contributed by atoms with Gasteiger partial charge in [0, 0.05) is 18.5 Å². The fourth-order valence-electron chi connectivity index (χ4n) is 1.67. The van der Waals surface area contributed by atoms with Gasteiger partial charge in [-0.05, 0) is 12.8 Å². The molecule has 0 amide bonds. The molecule has 2 aromatic carbocycles. The van der Waals surface area contributed by atoms with Crippen molar-refractivity contribution in [2.45, 2.75) is 32.3 Å². The van der Waals surface area contributed by atoms with E-state index in [9.17, 15) is 0 Å². The van der Waals surface area contributed by atoms with Crippen LogP contribution in [0.2, 0.25) is 0 Å². The van der Waals surface area contributed by atoms with E-state index in [1.165, 1.54) is 31.2 Å². The van der Waals surface area contributed by atoms with Crippen LogP contribution in [0.5, 0.6) is 0 Å². The van der Waals surface area contributed by atoms with Crippen molar-refractivity contribution in [3.63, 3.8) is 0 Å². The van der Waals surface area contributed by atoms with E-state index in [-0.39, 0.29) is 17.1 Å². The summed E-state index contributed by atoms with van der Waals surface area (Å²) >= 11 is 3.43. The predicted molar refractivity (Wildman–Crippen MR) is 86.0 cm³/mol. The van der Waals surface area contributed by atoms with Gasteiger partial charge in [-0.15, -0.1) is 5.56 Å². The zero-order valence-electron chi connectivity index (χ0n) is 11.8. The minimum Gasteiger partial charge on any atom is -0.389 e. The summed E-state index contributed by atoms with van der Waals surface area (Å²) in [5, 5.41) is 1.13. The first-order valence-corrected chi connectivity index (χ1v) is 8.06. The Kier molecular flexibility index (Phi) is 14.8. The van der Waals surface area contributed by atoms with E-state index in [0.717, 1.165) is 18.5 Å². The summed E-state index contributed by atoms with van der Waals surface area (Å²) in [5.74, 6) is 0. The summed E-state index contributed by atoms with van der Waals surface area (Å²) < 4.78 is 5.55. The van der Waals surface area contributed by atoms with E-state index < -0.39 is 0 Å². The van der Waals surface area contributed by atoms with Gasteiger partial charge in [0.05, 0.1) is 0 Å². The van der Waals surface area contributed by atoms with Crippen molar-refractivity contribution in [2.75, 3.05) is 11.9 Å². The predicted octanol–water partition coefficient (Wildman–Crippen LogP) is 5.28. The zero-order chi connectivity index (χ0) is 13.6. The number of halogens is 1. The molecule has 0 saturated carbocycles. The summed E-state index contributed by atoms with van der Waals surface area (Å²) in [7, 11) is 0. The van der Waals surface area contributed by atoms with Crippen molar-refractivity contribution in [1.29, 1.82) is 0 Å². The second-order valence-electron chi connectivity index (χ2n) is 4.41. The summed E-state index contributed by atoms with van der Waals surface area (Å²) in [6, 6.07) is 18.3. The SMILES string of the molecule is BrCCCCCCOC[c-]1cccc1.[Fe+2].c1cc[cH-]c1. The number of rotatable bonds is 8. The van der Waals surface area contributed by atoms with Gasteiger partial charge in [-0.3, -0.25) is 0 Å². The molecule has 3 heteroatoms. The topological polar surface area (TPSA) is 9.23 Å². The van der Waals surface area contributed by atoms with Gasteiger partial charge in [0.15, 0.2) is 0 Å². The molecule has 0 saturated heterocycles. The average molecular weight is 379 g/mol. The summed E-state index contributed by atoms with van der Waals surface area (Å²) in [5.41, 5.74) is 1.28. The Labute approximate surface area is 142 Å². The molecule has 0 aliphatic carbocycles. The van der Waals surface area contributed by atoms with Gasteiger partial charge in [0.1, 0.15) is 0 Å². The van der Waals surface area contributed by atoms with E-state index in [0.29, 0.717) is 0 Å². The van der Waals surface area contributed by atoms with Gasteiger partial charge >= 0.3 is 17.1 Å². The number of hydrogen-bond donors (Lipinski definition) is 0. The van der Waals surface area contributed by atoms with Crippen LogP contribution in [0.25, 0.3) is 0 Å². The minimum atomic E-state index is 0. The molecule has 2 aromatic rings. The molecule has 0 atom stereocenters. The molecule has 112 valence electrons. The third-order valence-corrected chi connectivity index (χ3v) is 3.29. The Morgan fingerprint density at radius 3 is 2.10 bits per heavy atom. The second-order valence-corrected chi connectivity index (χ2v) is 5.20. The summed E-state index contributed by atoms with van der Waals surface area (Å²) in [4.78, 5) is 0. The van der Waals surface area contributed by atoms with Gasteiger partial charge < -0.3 is 4.74 Å². The Hall–Kier alpha value is -0.341. The monoisotopic (exact) mass is 378 g/mol. The van der Waals surface area contributed by atoms with Gasteiger partial charge in [0.25, 0.3) is 0 Å². The van der Waals surface area contributed by atoms with Crippen LogP contribution in [0.3, 0.4) is 0 Å². The van der Waals surface area contributed by atoms with Crippen molar-refractivity contribution < 1.29 is 21.8 Å². The maximum absolute atomic E-state index is 5.55. The van der Waals surface area contributed by atoms with Crippen LogP contribution in [-0.4, -0.2) is 11.9 Å². The Balaban J connectivity index is 0.000000507. The molecule has 0 spiro atoms. The van der Waals surface area contributed by atoms with Crippen LogP contribution < -0.4 is 0 Å². The number of ether oxygens (including phenoxy) is 1. The third-order valence-electron chi connectivity index (χ3n) is 2.73. The molecule has 0 heterocycles. The first-order valence-electron chi connectivity index (χ1n) is 6.94. The van der Waals surface area contributed by atoms with Crippen LogP contribution in [-0.2, 0) is 28.4 Å². The molecule has 0 radical (unpaired) electrons. The number of hydrogen-bond acceptors (Lipinski definition) is 1. The molecule has 0 fully saturated rings. The summed E-state index contributed by atoms with van der Waals surface area (Å²) in [6.07, 6.45) is 5.06. The maximum atomic E-state index is 5.55. The fraction of sp³-hybridized carbons (Fsp3) is 0.412.